The summed E-state index contributed by atoms with van der Waals surface area (Å²) in [6.45, 7) is 8.11. The van der Waals surface area contributed by atoms with Gasteiger partial charge in [-0.05, 0) is 47.0 Å². The fraction of sp³-hybridized carbons (Fsp3) is 0.250. The Morgan fingerprint density at radius 1 is 0.500 bits per heavy atom. The van der Waals surface area contributed by atoms with Crippen LogP contribution in [0.15, 0.2) is 60.7 Å². The maximum Gasteiger partial charge on any atom is 0.157 e. The molecule has 0 bridgehead atoms. The van der Waals surface area contributed by atoms with Crippen LogP contribution in [0.25, 0.3) is 0 Å². The highest BCUT2D eigenvalue weighted by Gasteiger charge is 2.30. The summed E-state index contributed by atoms with van der Waals surface area (Å²) in [5, 5.41) is 39.7. The molecule has 0 atom stereocenters. The highest BCUT2D eigenvalue weighted by atomic mass is 16.3. The Balaban J connectivity index is 2.10. The van der Waals surface area contributed by atoms with Crippen LogP contribution >= 0.6 is 0 Å². The third kappa shape index (κ3) is 3.38. The van der Waals surface area contributed by atoms with Gasteiger partial charge in [-0.1, -0.05) is 58.0 Å². The van der Waals surface area contributed by atoms with Crippen molar-refractivity contribution in [2.24, 2.45) is 0 Å². The van der Waals surface area contributed by atoms with Crippen molar-refractivity contribution < 1.29 is 20.4 Å². The van der Waals surface area contributed by atoms with E-state index in [0.29, 0.717) is 0 Å². The number of phenolic OH excluding ortho intramolecular Hbond substituents is 4. The van der Waals surface area contributed by atoms with Crippen molar-refractivity contribution in [3.05, 3.63) is 82.9 Å². The zero-order valence-electron chi connectivity index (χ0n) is 16.6. The Labute approximate surface area is 165 Å². The van der Waals surface area contributed by atoms with E-state index in [2.05, 4.69) is 0 Å². The molecule has 0 aliphatic rings. The Hall–Kier alpha value is -3.14. The second-order valence-electron chi connectivity index (χ2n) is 8.23. The zero-order chi connectivity index (χ0) is 20.7. The number of rotatable bonds is 4. The topological polar surface area (TPSA) is 80.9 Å². The van der Waals surface area contributed by atoms with E-state index in [9.17, 15) is 20.4 Å². The lowest BCUT2D eigenvalue weighted by Gasteiger charge is -2.31. The molecule has 0 spiro atoms. The van der Waals surface area contributed by atoms with Gasteiger partial charge in [0.1, 0.15) is 11.5 Å². The van der Waals surface area contributed by atoms with Crippen molar-refractivity contribution in [2.75, 3.05) is 0 Å². The highest BCUT2D eigenvalue weighted by Crippen LogP contribution is 2.42. The summed E-state index contributed by atoms with van der Waals surface area (Å²) in [7, 11) is 0. The fourth-order valence-electron chi connectivity index (χ4n) is 3.54. The lowest BCUT2D eigenvalue weighted by Crippen LogP contribution is -2.23. The standard InChI is InChI=1S/C24H26O4/c1-23(2,17-8-12-21(27)22(28)14-17)16-7-11-20(26)19(13-16)24(3,4)15-5-9-18(25)10-6-15/h5-14,25-28H,1-4H3. The Morgan fingerprint density at radius 2 is 1.00 bits per heavy atom. The molecule has 0 unspecified atom stereocenters. The number of phenols is 4. The van der Waals surface area contributed by atoms with Crippen molar-refractivity contribution in [3.63, 3.8) is 0 Å². The second kappa shape index (κ2) is 6.79. The molecule has 3 aromatic rings. The summed E-state index contributed by atoms with van der Waals surface area (Å²) < 4.78 is 0. The number of benzene rings is 3. The number of hydrogen-bond donors (Lipinski definition) is 4. The molecule has 0 radical (unpaired) electrons. The van der Waals surface area contributed by atoms with Crippen LogP contribution in [0, 0.1) is 0 Å². The van der Waals surface area contributed by atoms with E-state index in [0.717, 1.165) is 22.3 Å². The number of aromatic hydroxyl groups is 4. The lowest BCUT2D eigenvalue weighted by atomic mass is 9.73. The maximum absolute atomic E-state index is 10.6. The predicted molar refractivity (Wildman–Crippen MR) is 110 cm³/mol. The van der Waals surface area contributed by atoms with Gasteiger partial charge in [0.2, 0.25) is 0 Å². The largest absolute Gasteiger partial charge is 0.508 e. The van der Waals surface area contributed by atoms with E-state index in [1.54, 1.807) is 30.3 Å². The summed E-state index contributed by atoms with van der Waals surface area (Å²) in [4.78, 5) is 0. The summed E-state index contributed by atoms with van der Waals surface area (Å²) in [5.41, 5.74) is 2.61. The average molecular weight is 378 g/mol. The minimum absolute atomic E-state index is 0.153. The zero-order valence-corrected chi connectivity index (χ0v) is 16.6. The van der Waals surface area contributed by atoms with Crippen LogP contribution < -0.4 is 0 Å². The van der Waals surface area contributed by atoms with Gasteiger partial charge in [-0.2, -0.15) is 0 Å². The van der Waals surface area contributed by atoms with Crippen LogP contribution in [0.4, 0.5) is 0 Å². The van der Waals surface area contributed by atoms with Gasteiger partial charge in [-0.25, -0.2) is 0 Å². The molecule has 0 heterocycles. The minimum atomic E-state index is -0.485. The van der Waals surface area contributed by atoms with Gasteiger partial charge in [-0.15, -0.1) is 0 Å². The van der Waals surface area contributed by atoms with E-state index in [1.807, 2.05) is 52.0 Å². The molecule has 3 rings (SSSR count). The minimum Gasteiger partial charge on any atom is -0.508 e. The number of hydrogen-bond acceptors (Lipinski definition) is 4. The lowest BCUT2D eigenvalue weighted by molar-refractivity contribution is 0.402. The maximum atomic E-state index is 10.6. The van der Waals surface area contributed by atoms with Crippen LogP contribution in [-0.2, 0) is 10.8 Å². The summed E-state index contributed by atoms with van der Waals surface area (Å²) in [6.07, 6.45) is 0. The van der Waals surface area contributed by atoms with E-state index >= 15 is 0 Å². The van der Waals surface area contributed by atoms with E-state index < -0.39 is 10.8 Å². The second-order valence-corrected chi connectivity index (χ2v) is 8.23. The van der Waals surface area contributed by atoms with Crippen molar-refractivity contribution in [1.82, 2.24) is 0 Å². The van der Waals surface area contributed by atoms with Gasteiger partial charge in [-0.3, -0.25) is 0 Å². The normalized spacial score (nSPS) is 12.1. The molecule has 0 aliphatic carbocycles. The van der Waals surface area contributed by atoms with Crippen LogP contribution in [0.3, 0.4) is 0 Å². The molecule has 0 aliphatic heterocycles. The first-order chi connectivity index (χ1) is 13.0. The highest BCUT2D eigenvalue weighted by molar-refractivity contribution is 5.52. The van der Waals surface area contributed by atoms with Gasteiger partial charge < -0.3 is 20.4 Å². The van der Waals surface area contributed by atoms with Crippen LogP contribution in [0.5, 0.6) is 23.0 Å². The summed E-state index contributed by atoms with van der Waals surface area (Å²) in [6, 6.07) is 17.3. The van der Waals surface area contributed by atoms with Gasteiger partial charge in [0.15, 0.2) is 11.5 Å². The molecule has 4 nitrogen and oxygen atoms in total. The smallest absolute Gasteiger partial charge is 0.157 e. The van der Waals surface area contributed by atoms with E-state index in [-0.39, 0.29) is 23.0 Å². The van der Waals surface area contributed by atoms with Gasteiger partial charge in [0.25, 0.3) is 0 Å². The van der Waals surface area contributed by atoms with Crippen molar-refractivity contribution in [1.29, 1.82) is 0 Å². The first-order valence-electron chi connectivity index (χ1n) is 9.19. The van der Waals surface area contributed by atoms with E-state index in [4.69, 9.17) is 0 Å². The summed E-state index contributed by atoms with van der Waals surface area (Å²) in [5.74, 6) is 0.0883. The molecule has 0 saturated heterocycles. The third-order valence-electron chi connectivity index (χ3n) is 5.68. The van der Waals surface area contributed by atoms with Crippen molar-refractivity contribution in [3.8, 4) is 23.0 Å². The Kier molecular flexibility index (Phi) is 4.76. The molecular formula is C24H26O4. The Bertz CT molecular complexity index is 1000. The van der Waals surface area contributed by atoms with Crippen LogP contribution in [0.2, 0.25) is 0 Å². The van der Waals surface area contributed by atoms with Gasteiger partial charge in [0.05, 0.1) is 0 Å². The van der Waals surface area contributed by atoms with Crippen molar-refractivity contribution in [2.45, 2.75) is 38.5 Å². The van der Waals surface area contributed by atoms with Crippen LogP contribution in [0.1, 0.15) is 49.9 Å². The molecule has 4 heteroatoms. The van der Waals surface area contributed by atoms with Gasteiger partial charge >= 0.3 is 0 Å². The first-order valence-corrected chi connectivity index (χ1v) is 9.19. The molecule has 0 amide bonds. The average Bonchev–Trinajstić information content (AvgIpc) is 2.64. The molecule has 28 heavy (non-hydrogen) atoms. The molecule has 0 saturated carbocycles. The van der Waals surface area contributed by atoms with E-state index in [1.165, 1.54) is 6.07 Å². The monoisotopic (exact) mass is 378 g/mol. The molecule has 0 aromatic heterocycles. The molecule has 146 valence electrons. The molecule has 4 N–H and O–H groups in total. The fourth-order valence-corrected chi connectivity index (χ4v) is 3.54. The SMILES string of the molecule is CC(C)(c1ccc(O)c(O)c1)c1ccc(O)c(C(C)(C)c2ccc(O)cc2)c1. The Morgan fingerprint density at radius 3 is 1.57 bits per heavy atom. The molecule has 0 fully saturated rings. The first kappa shape index (κ1) is 19.6. The predicted octanol–water partition coefficient (Wildman–Crippen LogP) is 5.16. The van der Waals surface area contributed by atoms with Gasteiger partial charge in [0, 0.05) is 16.4 Å². The van der Waals surface area contributed by atoms with Crippen LogP contribution in [-0.4, -0.2) is 20.4 Å². The third-order valence-corrected chi connectivity index (χ3v) is 5.68. The van der Waals surface area contributed by atoms with Crippen molar-refractivity contribution >= 4 is 0 Å². The summed E-state index contributed by atoms with van der Waals surface area (Å²) >= 11 is 0. The molecule has 3 aromatic carbocycles. The quantitative estimate of drug-likeness (QED) is 0.473. The molecular weight excluding hydrogens is 352 g/mol.